The molecule has 2 aliphatic rings. The number of carboxylic acids is 2. The van der Waals surface area contributed by atoms with Gasteiger partial charge in [0.15, 0.2) is 11.5 Å². The molecule has 0 amide bonds. The molecule has 3 rings (SSSR count). The number of alkyl halides is 6. The van der Waals surface area contributed by atoms with Gasteiger partial charge in [0.1, 0.15) is 6.10 Å². The lowest BCUT2D eigenvalue weighted by molar-refractivity contribution is -0.193. The average Bonchev–Trinajstić information content (AvgIpc) is 2.84. The largest absolute Gasteiger partial charge is 0.493 e. The molecule has 2 heterocycles. The fourth-order valence-corrected chi connectivity index (χ4v) is 3.99. The van der Waals surface area contributed by atoms with Crippen LogP contribution in [-0.4, -0.2) is 96.8 Å². The van der Waals surface area contributed by atoms with Crippen LogP contribution in [0.5, 0.6) is 11.5 Å². The van der Waals surface area contributed by atoms with Gasteiger partial charge in [-0.05, 0) is 64.4 Å². The van der Waals surface area contributed by atoms with E-state index < -0.39 is 24.3 Å². The number of carboxylic acid groups (broad SMARTS) is 2. The van der Waals surface area contributed by atoms with Gasteiger partial charge in [-0.3, -0.25) is 0 Å². The normalized spacial score (nSPS) is 19.3. The van der Waals surface area contributed by atoms with Crippen molar-refractivity contribution < 1.29 is 55.6 Å². The SMILES string of the molecule is COc1ccccc1OC1CCN(CCC2CCCCN2C)CC1.O=C(O)C(F)(F)F.O=C(O)C(F)(F)F. The van der Waals surface area contributed by atoms with Gasteiger partial charge >= 0.3 is 24.3 Å². The number of halogens is 6. The molecule has 1 atom stereocenters. The van der Waals surface area contributed by atoms with Gasteiger partial charge < -0.3 is 29.5 Å². The molecular formula is C24H34F6N2O6. The molecule has 2 saturated heterocycles. The van der Waals surface area contributed by atoms with E-state index in [0.717, 1.165) is 43.5 Å². The van der Waals surface area contributed by atoms with Crippen molar-refractivity contribution in [3.8, 4) is 11.5 Å². The Balaban J connectivity index is 0.000000426. The number of nitrogens with zero attached hydrogens (tertiary/aromatic N) is 2. The second-order valence-electron chi connectivity index (χ2n) is 8.83. The van der Waals surface area contributed by atoms with Crippen LogP contribution in [0.25, 0.3) is 0 Å². The summed E-state index contributed by atoms with van der Waals surface area (Å²) in [5.74, 6) is -3.80. The molecule has 218 valence electrons. The molecule has 14 heteroatoms. The number of benzene rings is 1. The molecule has 0 bridgehead atoms. The molecule has 1 aromatic carbocycles. The lowest BCUT2D eigenvalue weighted by atomic mass is 9.99. The summed E-state index contributed by atoms with van der Waals surface area (Å²) in [6.45, 7) is 4.81. The van der Waals surface area contributed by atoms with E-state index in [0.29, 0.717) is 6.10 Å². The molecule has 2 fully saturated rings. The molecule has 8 nitrogen and oxygen atoms in total. The molecule has 1 unspecified atom stereocenters. The van der Waals surface area contributed by atoms with Crippen molar-refractivity contribution in [2.45, 2.75) is 63.0 Å². The van der Waals surface area contributed by atoms with Gasteiger partial charge in [0, 0.05) is 19.1 Å². The van der Waals surface area contributed by atoms with Gasteiger partial charge in [0.25, 0.3) is 0 Å². The summed E-state index contributed by atoms with van der Waals surface area (Å²) in [4.78, 5) is 23.0. The fourth-order valence-electron chi connectivity index (χ4n) is 3.99. The lowest BCUT2D eigenvalue weighted by Gasteiger charge is -2.36. The standard InChI is InChI=1S/C20H32N2O2.2C2HF3O2/c1-21-13-6-5-7-17(21)10-14-22-15-11-18(12-16-22)24-20-9-4-3-8-19(20)23-2;2*3-2(4,5)1(6)7/h3-4,8-9,17-18H,5-7,10-16H2,1-2H3;2*(H,6,7). The maximum Gasteiger partial charge on any atom is 0.490 e. The van der Waals surface area contributed by atoms with E-state index >= 15 is 0 Å². The number of aliphatic carboxylic acids is 2. The highest BCUT2D eigenvalue weighted by molar-refractivity contribution is 5.73. The molecule has 0 radical (unpaired) electrons. The summed E-state index contributed by atoms with van der Waals surface area (Å²) >= 11 is 0. The first-order valence-electron chi connectivity index (χ1n) is 12.0. The van der Waals surface area contributed by atoms with Crippen molar-refractivity contribution in [3.63, 3.8) is 0 Å². The van der Waals surface area contributed by atoms with Crippen molar-refractivity contribution in [1.82, 2.24) is 9.80 Å². The molecule has 1 aromatic rings. The van der Waals surface area contributed by atoms with Crippen LogP contribution in [0.3, 0.4) is 0 Å². The zero-order valence-electron chi connectivity index (χ0n) is 21.2. The highest BCUT2D eigenvalue weighted by Crippen LogP contribution is 2.29. The van der Waals surface area contributed by atoms with Gasteiger partial charge in [0.2, 0.25) is 0 Å². The zero-order chi connectivity index (χ0) is 28.9. The maximum atomic E-state index is 10.6. The highest BCUT2D eigenvalue weighted by Gasteiger charge is 2.38. The summed E-state index contributed by atoms with van der Waals surface area (Å²) in [5.41, 5.74) is 0. The molecular weight excluding hydrogens is 526 g/mol. The minimum Gasteiger partial charge on any atom is -0.493 e. The van der Waals surface area contributed by atoms with Crippen molar-refractivity contribution in [3.05, 3.63) is 24.3 Å². The lowest BCUT2D eigenvalue weighted by Crippen LogP contribution is -2.42. The number of likely N-dealkylation sites (tertiary alicyclic amines) is 2. The van der Waals surface area contributed by atoms with Crippen LogP contribution < -0.4 is 9.47 Å². The van der Waals surface area contributed by atoms with E-state index in [1.54, 1.807) is 7.11 Å². The van der Waals surface area contributed by atoms with Crippen molar-refractivity contribution in [1.29, 1.82) is 0 Å². The molecule has 2 aliphatic heterocycles. The number of carbonyl (C=O) groups is 2. The Morgan fingerprint density at radius 2 is 1.39 bits per heavy atom. The third-order valence-electron chi connectivity index (χ3n) is 6.08. The Kier molecular flexibility index (Phi) is 13.7. The highest BCUT2D eigenvalue weighted by atomic mass is 19.4. The van der Waals surface area contributed by atoms with Crippen molar-refractivity contribution >= 4 is 11.9 Å². The van der Waals surface area contributed by atoms with Gasteiger partial charge in [-0.1, -0.05) is 18.6 Å². The first kappa shape index (κ1) is 33.3. The first-order chi connectivity index (χ1) is 17.6. The molecule has 38 heavy (non-hydrogen) atoms. The molecule has 0 aromatic heterocycles. The van der Waals surface area contributed by atoms with Crippen molar-refractivity contribution in [2.24, 2.45) is 0 Å². The summed E-state index contributed by atoms with van der Waals surface area (Å²) in [7, 11) is 3.99. The smallest absolute Gasteiger partial charge is 0.490 e. The van der Waals surface area contributed by atoms with Gasteiger partial charge in [-0.25, -0.2) is 9.59 Å². The van der Waals surface area contributed by atoms with E-state index in [1.807, 2.05) is 24.3 Å². The fraction of sp³-hybridized carbons (Fsp3) is 0.667. The summed E-state index contributed by atoms with van der Waals surface area (Å²) in [5, 5.41) is 14.2. The van der Waals surface area contributed by atoms with Crippen molar-refractivity contribution in [2.75, 3.05) is 40.3 Å². The Morgan fingerprint density at radius 3 is 1.84 bits per heavy atom. The van der Waals surface area contributed by atoms with Gasteiger partial charge in [0.05, 0.1) is 7.11 Å². The number of piperidine rings is 2. The topological polar surface area (TPSA) is 99.5 Å². The number of methoxy groups -OCH3 is 1. The van der Waals surface area contributed by atoms with Crippen LogP contribution in [0, 0.1) is 0 Å². The summed E-state index contributed by atoms with van der Waals surface area (Å²) in [6.07, 6.45) is -2.16. The first-order valence-corrected chi connectivity index (χ1v) is 12.0. The Bertz CT molecular complexity index is 836. The third kappa shape index (κ3) is 12.7. The van der Waals surface area contributed by atoms with E-state index in [9.17, 15) is 26.3 Å². The minimum atomic E-state index is -5.08. The number of hydrogen-bond acceptors (Lipinski definition) is 6. The van der Waals surface area contributed by atoms with Crippen LogP contribution in [0.15, 0.2) is 24.3 Å². The van der Waals surface area contributed by atoms with Crippen LogP contribution in [0.4, 0.5) is 26.3 Å². The molecule has 2 N–H and O–H groups in total. The zero-order valence-corrected chi connectivity index (χ0v) is 21.2. The van der Waals surface area contributed by atoms with E-state index in [2.05, 4.69) is 16.8 Å². The number of para-hydroxylation sites is 2. The van der Waals surface area contributed by atoms with Crippen LogP contribution >= 0.6 is 0 Å². The third-order valence-corrected chi connectivity index (χ3v) is 6.08. The number of hydrogen-bond donors (Lipinski definition) is 2. The summed E-state index contributed by atoms with van der Waals surface area (Å²) < 4.78 is 75.0. The molecule has 0 aliphatic carbocycles. The van der Waals surface area contributed by atoms with Gasteiger partial charge in [-0.15, -0.1) is 0 Å². The molecule has 0 spiro atoms. The number of rotatable bonds is 6. The average molecular weight is 561 g/mol. The Labute approximate surface area is 217 Å². The number of ether oxygens (including phenoxy) is 2. The quantitative estimate of drug-likeness (QED) is 0.484. The predicted octanol–water partition coefficient (Wildman–Crippen LogP) is 4.68. The minimum absolute atomic E-state index is 0.315. The van der Waals surface area contributed by atoms with E-state index in [1.165, 1.54) is 38.8 Å². The van der Waals surface area contributed by atoms with Crippen LogP contribution in [-0.2, 0) is 9.59 Å². The summed E-state index contributed by atoms with van der Waals surface area (Å²) in [6, 6.07) is 8.75. The maximum absolute atomic E-state index is 10.6. The Morgan fingerprint density at radius 1 is 0.895 bits per heavy atom. The second kappa shape index (κ2) is 15.6. The van der Waals surface area contributed by atoms with Crippen LogP contribution in [0.2, 0.25) is 0 Å². The van der Waals surface area contributed by atoms with Crippen LogP contribution in [0.1, 0.15) is 38.5 Å². The predicted molar refractivity (Wildman–Crippen MR) is 125 cm³/mol. The second-order valence-corrected chi connectivity index (χ2v) is 8.83. The molecule has 0 saturated carbocycles. The van der Waals surface area contributed by atoms with Gasteiger partial charge in [-0.2, -0.15) is 26.3 Å². The monoisotopic (exact) mass is 560 g/mol. The van der Waals surface area contributed by atoms with E-state index in [4.69, 9.17) is 29.3 Å². The Hall–Kier alpha value is -2.74. The van der Waals surface area contributed by atoms with E-state index in [-0.39, 0.29) is 0 Å².